The molecule has 1 unspecified atom stereocenters. The molecule has 1 rings (SSSR count). The Morgan fingerprint density at radius 3 is 0.598 bits per heavy atom. The van der Waals surface area contributed by atoms with Gasteiger partial charge in [-0.25, -0.2) is 0 Å². The van der Waals surface area contributed by atoms with E-state index < -0.39 is 8.32 Å². The minimum Gasteiger partial charge on any atom is -0.410 e. The van der Waals surface area contributed by atoms with Crippen LogP contribution < -0.4 is 0 Å². The van der Waals surface area contributed by atoms with Gasteiger partial charge >= 0.3 is 0 Å². The largest absolute Gasteiger partial charge is 0.410 e. The summed E-state index contributed by atoms with van der Waals surface area (Å²) in [5.74, 6) is 0. The number of hydrogen-bond donors (Lipinski definition) is 0. The molecule has 2 heteroatoms. The van der Waals surface area contributed by atoms with Crippen LogP contribution in [0.5, 0.6) is 0 Å². The summed E-state index contributed by atoms with van der Waals surface area (Å²) in [4.78, 5) is 0. The maximum absolute atomic E-state index is 9.43. The second-order valence-electron chi connectivity index (χ2n) is 30.9. The number of unbranched alkanes of at least 4 members (excludes halogenated alkanes) is 56. The summed E-state index contributed by atoms with van der Waals surface area (Å²) in [5.41, 5.74) is 1.48. The second-order valence-corrected chi connectivity index (χ2v) is 35.1. The van der Waals surface area contributed by atoms with Gasteiger partial charge in [-0.1, -0.05) is 473 Å². The highest BCUT2D eigenvalue weighted by Gasteiger charge is 2.71. The lowest BCUT2D eigenvalue weighted by atomic mass is 9.46. The minimum absolute atomic E-state index is 0.0407. The average molecular weight is 1240 g/mol. The van der Waals surface area contributed by atoms with Crippen molar-refractivity contribution in [3.63, 3.8) is 0 Å². The smallest absolute Gasteiger partial charge is 0.196 e. The quantitative estimate of drug-likeness (QED) is 0.0436. The predicted molar refractivity (Wildman–Crippen MR) is 402 cm³/mol. The van der Waals surface area contributed by atoms with Crippen LogP contribution in [0.2, 0.25) is 17.6 Å². The normalized spacial score (nSPS) is 16.2. The number of hydrogen-bond acceptors (Lipinski definition) is 1. The highest BCUT2D eigenvalue weighted by molar-refractivity contribution is 6.75. The molecule has 1 nitrogen and oxygen atoms in total. The first-order valence-electron chi connectivity index (χ1n) is 42.5. The van der Waals surface area contributed by atoms with Crippen LogP contribution in [0.25, 0.3) is 0 Å². The third-order valence-corrected chi connectivity index (χ3v) is 28.8. The van der Waals surface area contributed by atoms with Crippen LogP contribution in [-0.4, -0.2) is 13.9 Å². The monoisotopic (exact) mass is 1240 g/mol. The van der Waals surface area contributed by atoms with Gasteiger partial charge in [-0.2, -0.15) is 0 Å². The van der Waals surface area contributed by atoms with E-state index in [4.69, 9.17) is 0 Å². The molecule has 0 N–H and O–H groups in total. The van der Waals surface area contributed by atoms with E-state index in [2.05, 4.69) is 62.3 Å². The zero-order chi connectivity index (χ0) is 63.2. The molecule has 87 heavy (non-hydrogen) atoms. The van der Waals surface area contributed by atoms with Crippen molar-refractivity contribution >= 4 is 8.32 Å². The summed E-state index contributed by atoms with van der Waals surface area (Å²) in [6, 6.07) is 2.97. The van der Waals surface area contributed by atoms with Crippen molar-refractivity contribution < 1.29 is 4.43 Å². The Morgan fingerprint density at radius 2 is 0.379 bits per heavy atom. The van der Waals surface area contributed by atoms with Gasteiger partial charge in [-0.05, 0) is 61.6 Å². The molecule has 1 aliphatic rings. The molecule has 0 spiro atoms. The van der Waals surface area contributed by atoms with Crippen molar-refractivity contribution in [3.05, 3.63) is 0 Å². The number of rotatable bonds is 72. The molecule has 0 aliphatic carbocycles. The van der Waals surface area contributed by atoms with Gasteiger partial charge in [0.1, 0.15) is 0 Å². The molecule has 1 fully saturated rings. The highest BCUT2D eigenvalue weighted by Crippen LogP contribution is 2.73. The fraction of sp³-hybridized carbons (Fsp3) is 1.00. The summed E-state index contributed by atoms with van der Waals surface area (Å²) in [5, 5.41) is 0. The maximum Gasteiger partial charge on any atom is 0.196 e. The van der Waals surface area contributed by atoms with Crippen LogP contribution in [0.15, 0.2) is 0 Å². The average Bonchev–Trinajstić information content (AvgIpc) is 0.690. The van der Waals surface area contributed by atoms with Gasteiger partial charge in [-0.15, -0.1) is 0 Å². The van der Waals surface area contributed by atoms with Gasteiger partial charge in [0.2, 0.25) is 0 Å². The summed E-state index contributed by atoms with van der Waals surface area (Å²) < 4.78 is 9.43. The fourth-order valence-corrected chi connectivity index (χ4v) is 23.8. The van der Waals surface area contributed by atoms with Crippen LogP contribution in [0.1, 0.15) is 512 Å². The SMILES string of the molecule is CCCCCCCCCCC1(CCCCCCCCCC)O[Si](CCCCCCCCCC)(CCCCCCCCCC)C(C)C(CCCCCCCCCC)(CCCCCCCCCC)C1(CCCCCCCCCC)CCCCCCCCCC. The third-order valence-electron chi connectivity index (χ3n) is 23.5. The van der Waals surface area contributed by atoms with E-state index >= 15 is 0 Å². The van der Waals surface area contributed by atoms with Gasteiger partial charge in [-0.3, -0.25) is 0 Å². The molecule has 0 radical (unpaired) electrons. The first kappa shape index (κ1) is 85.2. The van der Waals surface area contributed by atoms with E-state index in [0.29, 0.717) is 5.41 Å². The molecule has 1 heterocycles. The van der Waals surface area contributed by atoms with Gasteiger partial charge in [0, 0.05) is 5.41 Å². The fourth-order valence-electron chi connectivity index (χ4n) is 17.9. The molecule has 522 valence electrons. The molecule has 1 saturated heterocycles. The van der Waals surface area contributed by atoms with Crippen molar-refractivity contribution in [1.82, 2.24) is 0 Å². The molecule has 0 aromatic carbocycles. The standard InChI is InChI=1S/C85H172OSi/c1-10-18-26-34-42-50-58-66-74-83(75-67-59-51-43-35-27-19-11-2)82(9)87(80-72-64-56-48-40-32-24-16-7,81-73-65-57-49-41-33-25-17-8)86-85(78-70-62-54-46-38-30-22-14-5,79-71-63-55-47-39-31-23-15-6)84(83,76-68-60-52-44-36-28-20-12-3)77-69-61-53-45-37-29-21-13-4/h82H,10-81H2,1-9H3. The van der Waals surface area contributed by atoms with Gasteiger partial charge < -0.3 is 4.43 Å². The third kappa shape index (κ3) is 39.6. The topological polar surface area (TPSA) is 9.23 Å². The summed E-state index contributed by atoms with van der Waals surface area (Å²) in [7, 11) is -2.32. The van der Waals surface area contributed by atoms with E-state index in [9.17, 15) is 4.43 Å². The Labute approximate surface area is 555 Å². The molecule has 0 saturated carbocycles. The highest BCUT2D eigenvalue weighted by atomic mass is 28.4. The van der Waals surface area contributed by atoms with Gasteiger partial charge in [0.05, 0.1) is 5.60 Å². The Morgan fingerprint density at radius 1 is 0.207 bits per heavy atom. The van der Waals surface area contributed by atoms with Crippen molar-refractivity contribution in [2.45, 2.75) is 535 Å². The Bertz CT molecular complexity index is 1260. The van der Waals surface area contributed by atoms with Gasteiger partial charge in [0.25, 0.3) is 0 Å². The maximum atomic E-state index is 9.43. The van der Waals surface area contributed by atoms with Crippen molar-refractivity contribution in [2.24, 2.45) is 10.8 Å². The summed E-state index contributed by atoms with van der Waals surface area (Å²) in [6.45, 7) is 22.3. The lowest BCUT2D eigenvalue weighted by molar-refractivity contribution is -0.203. The molecular weight excluding hydrogens is 1070 g/mol. The molecule has 0 aromatic rings. The van der Waals surface area contributed by atoms with Crippen molar-refractivity contribution in [2.75, 3.05) is 0 Å². The zero-order valence-corrected chi connectivity index (χ0v) is 63.9. The van der Waals surface area contributed by atoms with Crippen LogP contribution in [0, 0.1) is 10.8 Å². The van der Waals surface area contributed by atoms with Crippen LogP contribution in [-0.2, 0) is 4.43 Å². The lowest BCUT2D eigenvalue weighted by Gasteiger charge is -2.72. The zero-order valence-electron chi connectivity index (χ0n) is 62.9. The first-order valence-corrected chi connectivity index (χ1v) is 44.9. The van der Waals surface area contributed by atoms with E-state index in [1.165, 1.54) is 462 Å². The van der Waals surface area contributed by atoms with E-state index in [-0.39, 0.29) is 11.0 Å². The van der Waals surface area contributed by atoms with Crippen LogP contribution in [0.4, 0.5) is 0 Å². The first-order chi connectivity index (χ1) is 42.8. The van der Waals surface area contributed by atoms with Crippen molar-refractivity contribution in [3.8, 4) is 0 Å². The molecule has 1 aliphatic heterocycles. The summed E-state index contributed by atoms with van der Waals surface area (Å²) >= 11 is 0. The Balaban J connectivity index is 4.52. The molecule has 0 aromatic heterocycles. The molecule has 0 amide bonds. The van der Waals surface area contributed by atoms with E-state index in [1.807, 2.05) is 0 Å². The summed E-state index contributed by atoms with van der Waals surface area (Å²) in [6.07, 6.45) is 101. The molecule has 0 bridgehead atoms. The second kappa shape index (κ2) is 62.3. The molecular formula is C85H172OSi. The van der Waals surface area contributed by atoms with Gasteiger partial charge in [0.15, 0.2) is 8.32 Å². The van der Waals surface area contributed by atoms with Crippen LogP contribution in [0.3, 0.4) is 0 Å². The van der Waals surface area contributed by atoms with E-state index in [0.717, 1.165) is 5.54 Å². The van der Waals surface area contributed by atoms with E-state index in [1.54, 1.807) is 0 Å². The van der Waals surface area contributed by atoms with Crippen LogP contribution >= 0.6 is 0 Å². The lowest BCUT2D eigenvalue weighted by Crippen LogP contribution is -2.72. The minimum atomic E-state index is -2.32. The van der Waals surface area contributed by atoms with Crippen molar-refractivity contribution in [1.29, 1.82) is 0 Å². The Hall–Kier alpha value is 0.177. The predicted octanol–water partition coefficient (Wildman–Crippen LogP) is 32.5. The Kier molecular flexibility index (Phi) is 61.0. The molecule has 1 atom stereocenters.